The minimum Gasteiger partial charge on any atom is -0.356 e. The van der Waals surface area contributed by atoms with Crippen LogP contribution in [0.2, 0.25) is 5.02 Å². The highest BCUT2D eigenvalue weighted by atomic mass is 35.5. The molecule has 0 saturated heterocycles. The number of carbonyl (C=O) groups is 1. The van der Waals surface area contributed by atoms with Crippen LogP contribution in [-0.4, -0.2) is 18.5 Å². The molecule has 0 aromatic heterocycles. The molecule has 2 atom stereocenters. The molecular weight excluding hydrogens is 283 g/mol. The van der Waals surface area contributed by atoms with Crippen LogP contribution in [0.25, 0.3) is 0 Å². The van der Waals surface area contributed by atoms with Crippen molar-refractivity contribution < 1.29 is 4.79 Å². The van der Waals surface area contributed by atoms with Crippen molar-refractivity contribution in [2.75, 3.05) is 6.54 Å². The van der Waals surface area contributed by atoms with E-state index in [2.05, 4.69) is 5.32 Å². The fourth-order valence-electron chi connectivity index (χ4n) is 2.38. The average Bonchev–Trinajstić information content (AvgIpc) is 2.78. The topological polar surface area (TPSA) is 55.1 Å². The summed E-state index contributed by atoms with van der Waals surface area (Å²) in [7, 11) is 0. The van der Waals surface area contributed by atoms with Crippen LogP contribution in [0.1, 0.15) is 24.8 Å². The number of hydrogen-bond acceptors (Lipinski definition) is 2. The second-order valence-electron chi connectivity index (χ2n) is 4.94. The van der Waals surface area contributed by atoms with E-state index in [1.807, 2.05) is 24.3 Å². The molecule has 1 saturated carbocycles. The van der Waals surface area contributed by atoms with Crippen molar-refractivity contribution in [2.24, 2.45) is 11.7 Å². The van der Waals surface area contributed by atoms with Gasteiger partial charge in [-0.05, 0) is 43.4 Å². The van der Waals surface area contributed by atoms with E-state index >= 15 is 0 Å². The van der Waals surface area contributed by atoms with Crippen LogP contribution in [0.5, 0.6) is 0 Å². The third-order valence-electron chi connectivity index (χ3n) is 3.47. The first-order chi connectivity index (χ1) is 8.65. The third-order valence-corrected chi connectivity index (χ3v) is 3.72. The fraction of sp³-hybridized carbons (Fsp3) is 0.500. The lowest BCUT2D eigenvalue weighted by Gasteiger charge is -2.10. The zero-order valence-corrected chi connectivity index (χ0v) is 12.3. The van der Waals surface area contributed by atoms with Gasteiger partial charge in [0, 0.05) is 23.5 Å². The molecule has 106 valence electrons. The number of halogens is 2. The fourth-order valence-corrected chi connectivity index (χ4v) is 2.51. The summed E-state index contributed by atoms with van der Waals surface area (Å²) in [5.41, 5.74) is 6.99. The largest absolute Gasteiger partial charge is 0.356 e. The second-order valence-corrected chi connectivity index (χ2v) is 5.37. The molecule has 2 rings (SSSR count). The van der Waals surface area contributed by atoms with Crippen molar-refractivity contribution in [1.82, 2.24) is 5.32 Å². The van der Waals surface area contributed by atoms with Gasteiger partial charge in [-0.25, -0.2) is 0 Å². The molecule has 19 heavy (non-hydrogen) atoms. The molecule has 0 radical (unpaired) electrons. The van der Waals surface area contributed by atoms with Crippen LogP contribution in [0, 0.1) is 5.92 Å². The van der Waals surface area contributed by atoms with Gasteiger partial charge in [-0.3, -0.25) is 4.79 Å². The molecule has 0 bridgehead atoms. The predicted molar refractivity (Wildman–Crippen MR) is 80.7 cm³/mol. The zero-order chi connectivity index (χ0) is 13.0. The summed E-state index contributed by atoms with van der Waals surface area (Å²) in [6, 6.07) is 7.92. The molecule has 1 fully saturated rings. The summed E-state index contributed by atoms with van der Waals surface area (Å²) in [4.78, 5) is 11.8. The molecule has 3 N–H and O–H groups in total. The van der Waals surface area contributed by atoms with Crippen LogP contribution < -0.4 is 11.1 Å². The van der Waals surface area contributed by atoms with Crippen molar-refractivity contribution in [1.29, 1.82) is 0 Å². The Balaban J connectivity index is 0.00000180. The van der Waals surface area contributed by atoms with E-state index in [1.165, 1.54) is 5.56 Å². The zero-order valence-electron chi connectivity index (χ0n) is 10.8. The first-order valence-corrected chi connectivity index (χ1v) is 6.80. The molecule has 5 heteroatoms. The molecular formula is C14H20Cl2N2O. The smallest absolute Gasteiger partial charge is 0.223 e. The summed E-state index contributed by atoms with van der Waals surface area (Å²) in [5, 5.41) is 3.72. The molecule has 0 heterocycles. The molecule has 1 aromatic rings. The standard InChI is InChI=1S/C14H19ClN2O.ClH/c15-12-4-1-10(2-5-12)7-8-17-14(18)11-3-6-13(16)9-11;/h1-2,4-5,11,13H,3,6-9,16H2,(H,17,18);1H. The first kappa shape index (κ1) is 16.3. The van der Waals surface area contributed by atoms with Crippen molar-refractivity contribution in [2.45, 2.75) is 31.7 Å². The van der Waals surface area contributed by atoms with Crippen LogP contribution in [0.4, 0.5) is 0 Å². The SMILES string of the molecule is Cl.NC1CCC(C(=O)NCCc2ccc(Cl)cc2)C1. The Morgan fingerprint density at radius 1 is 1.32 bits per heavy atom. The second kappa shape index (κ2) is 7.73. The highest BCUT2D eigenvalue weighted by molar-refractivity contribution is 6.30. The molecule has 1 amide bonds. The van der Waals surface area contributed by atoms with Gasteiger partial charge in [0.15, 0.2) is 0 Å². The lowest BCUT2D eigenvalue weighted by Crippen LogP contribution is -2.31. The quantitative estimate of drug-likeness (QED) is 0.898. The molecule has 0 aliphatic heterocycles. The Bertz CT molecular complexity index is 408. The van der Waals surface area contributed by atoms with E-state index in [0.717, 1.165) is 30.7 Å². The lowest BCUT2D eigenvalue weighted by atomic mass is 10.1. The monoisotopic (exact) mass is 302 g/mol. The summed E-state index contributed by atoms with van der Waals surface area (Å²) >= 11 is 5.81. The highest BCUT2D eigenvalue weighted by Crippen LogP contribution is 2.23. The van der Waals surface area contributed by atoms with Gasteiger partial charge in [0.2, 0.25) is 5.91 Å². The van der Waals surface area contributed by atoms with Crippen LogP contribution in [0.15, 0.2) is 24.3 Å². The Hall–Kier alpha value is -0.770. The van der Waals surface area contributed by atoms with Gasteiger partial charge in [-0.15, -0.1) is 12.4 Å². The molecule has 0 spiro atoms. The minimum absolute atomic E-state index is 0. The number of amides is 1. The van der Waals surface area contributed by atoms with Gasteiger partial charge in [0.1, 0.15) is 0 Å². The maximum atomic E-state index is 11.8. The molecule has 1 aliphatic rings. The lowest BCUT2D eigenvalue weighted by molar-refractivity contribution is -0.124. The van der Waals surface area contributed by atoms with Crippen molar-refractivity contribution in [3.8, 4) is 0 Å². The Labute approximate surface area is 125 Å². The normalized spacial score (nSPS) is 21.8. The number of nitrogens with two attached hydrogens (primary N) is 1. The average molecular weight is 303 g/mol. The van der Waals surface area contributed by atoms with E-state index in [0.29, 0.717) is 6.54 Å². The van der Waals surface area contributed by atoms with Crippen LogP contribution in [0.3, 0.4) is 0 Å². The van der Waals surface area contributed by atoms with Crippen LogP contribution in [-0.2, 0) is 11.2 Å². The van der Waals surface area contributed by atoms with Crippen LogP contribution >= 0.6 is 24.0 Å². The van der Waals surface area contributed by atoms with E-state index in [1.54, 1.807) is 0 Å². The highest BCUT2D eigenvalue weighted by Gasteiger charge is 2.27. The van der Waals surface area contributed by atoms with E-state index < -0.39 is 0 Å². The van der Waals surface area contributed by atoms with Crippen molar-refractivity contribution in [3.05, 3.63) is 34.9 Å². The molecule has 2 unspecified atom stereocenters. The van der Waals surface area contributed by atoms with E-state index in [9.17, 15) is 4.79 Å². The van der Waals surface area contributed by atoms with Gasteiger partial charge in [-0.1, -0.05) is 23.7 Å². The molecule has 3 nitrogen and oxygen atoms in total. The number of hydrogen-bond donors (Lipinski definition) is 2. The van der Waals surface area contributed by atoms with Gasteiger partial charge >= 0.3 is 0 Å². The summed E-state index contributed by atoms with van der Waals surface area (Å²) in [6.07, 6.45) is 3.55. The summed E-state index contributed by atoms with van der Waals surface area (Å²) in [6.45, 7) is 0.673. The number of carbonyl (C=O) groups excluding carboxylic acids is 1. The maximum absolute atomic E-state index is 11.8. The van der Waals surface area contributed by atoms with E-state index in [-0.39, 0.29) is 30.3 Å². The van der Waals surface area contributed by atoms with Gasteiger partial charge in [0.25, 0.3) is 0 Å². The maximum Gasteiger partial charge on any atom is 0.223 e. The third kappa shape index (κ3) is 5.01. The number of rotatable bonds is 4. The Morgan fingerprint density at radius 2 is 2.00 bits per heavy atom. The molecule has 1 aromatic carbocycles. The Kier molecular flexibility index (Phi) is 6.63. The van der Waals surface area contributed by atoms with E-state index in [4.69, 9.17) is 17.3 Å². The summed E-state index contributed by atoms with van der Waals surface area (Å²) in [5.74, 6) is 0.266. The number of benzene rings is 1. The first-order valence-electron chi connectivity index (χ1n) is 6.43. The summed E-state index contributed by atoms with van der Waals surface area (Å²) < 4.78 is 0. The van der Waals surface area contributed by atoms with Gasteiger partial charge < -0.3 is 11.1 Å². The van der Waals surface area contributed by atoms with Crippen molar-refractivity contribution >= 4 is 29.9 Å². The van der Waals surface area contributed by atoms with Gasteiger partial charge in [-0.2, -0.15) is 0 Å². The minimum atomic E-state index is 0. The Morgan fingerprint density at radius 3 is 2.58 bits per heavy atom. The van der Waals surface area contributed by atoms with Gasteiger partial charge in [0.05, 0.1) is 0 Å². The number of nitrogens with one attached hydrogen (secondary N) is 1. The predicted octanol–water partition coefficient (Wildman–Crippen LogP) is 2.55. The molecule has 1 aliphatic carbocycles. The van der Waals surface area contributed by atoms with Crippen molar-refractivity contribution in [3.63, 3.8) is 0 Å².